The smallest absolute Gasteiger partial charge is 0.246 e. The van der Waals surface area contributed by atoms with E-state index in [0.29, 0.717) is 94.5 Å². The first kappa shape index (κ1) is 52.7. The van der Waals surface area contributed by atoms with Gasteiger partial charge >= 0.3 is 0 Å². The lowest BCUT2D eigenvalue weighted by atomic mass is 9.85. The summed E-state index contributed by atoms with van der Waals surface area (Å²) < 4.78 is 0. The van der Waals surface area contributed by atoms with Crippen LogP contribution in [0.4, 0.5) is 17.1 Å². The van der Waals surface area contributed by atoms with Gasteiger partial charge in [0.15, 0.2) is 0 Å². The Kier molecular flexibility index (Phi) is 24.6. The van der Waals surface area contributed by atoms with E-state index in [1.165, 1.54) is 0 Å². The first-order chi connectivity index (χ1) is 29.5. The van der Waals surface area contributed by atoms with Crippen LogP contribution in [0.1, 0.15) is 80.4 Å². The maximum Gasteiger partial charge on any atom is 0.246 e. The van der Waals surface area contributed by atoms with Gasteiger partial charge in [0.25, 0.3) is 0 Å². The molecule has 3 aromatic carbocycles. The number of hydrogen-bond donors (Lipinski definition) is 12. The summed E-state index contributed by atoms with van der Waals surface area (Å²) in [6.45, 7) is 0.653. The van der Waals surface area contributed by atoms with Crippen molar-refractivity contribution in [2.45, 2.75) is 81.8 Å². The van der Waals surface area contributed by atoms with Crippen molar-refractivity contribution in [3.63, 3.8) is 0 Å². The minimum atomic E-state index is -0.788. The topological polar surface area (TPSA) is 331 Å². The fourth-order valence-corrected chi connectivity index (χ4v) is 6.59. The number of nitrogens with one attached hydrogen (secondary N) is 6. The van der Waals surface area contributed by atoms with Gasteiger partial charge in [0, 0.05) is 23.0 Å². The summed E-state index contributed by atoms with van der Waals surface area (Å²) in [6.07, 6.45) is 5.23. The molecular weight excluding hydrogens is 816 g/mol. The standard InChI is InChI=1S/C43H64N12O6.ClH/c44-22-4-1-7-34(53-37(56)25-47)41(59)50-31-16-10-28(11-17-31)40(29-12-18-32(19-13-29)51-42(60)35(8-2-5-23-45)54-38(57)26-48)30-14-20-33(21-15-30)52-43(61)36(9-3-6-24-46)55-39(58)27-49;/h10-21,34-36,40H,1-9,22-27,44-49H2,(H,50,59)(H,51,60)(H,52,61)(H,53,56)(H,54,57)(H,55,58);1H/t34-,35-,36-;/m1./s1. The Morgan fingerprint density at radius 1 is 0.387 bits per heavy atom. The number of halogens is 1. The molecule has 340 valence electrons. The molecule has 6 amide bonds. The Morgan fingerprint density at radius 3 is 0.839 bits per heavy atom. The number of carbonyl (C=O) groups is 6. The molecule has 0 heterocycles. The maximum atomic E-state index is 13.3. The quantitative estimate of drug-likeness (QED) is 0.0374. The number of rotatable bonds is 27. The number of unbranched alkanes of at least 4 members (excludes halogenated alkanes) is 3. The second-order valence-electron chi connectivity index (χ2n) is 14.6. The van der Waals surface area contributed by atoms with E-state index in [2.05, 4.69) is 31.9 Å². The SMILES string of the molecule is Cl.NCCCC[C@@H](NC(=O)CN)C(=O)Nc1ccc(C(c2ccc(NC(=O)[C@@H](CCCCN)NC(=O)CN)cc2)c2ccc(NC(=O)[C@@H](CCCCN)NC(=O)CN)cc2)cc1. The van der Waals surface area contributed by atoms with Crippen molar-refractivity contribution in [2.75, 3.05) is 55.2 Å². The van der Waals surface area contributed by atoms with Crippen LogP contribution in [0, 0.1) is 0 Å². The van der Waals surface area contributed by atoms with Gasteiger partial charge in [-0.2, -0.15) is 0 Å². The molecule has 18 nitrogen and oxygen atoms in total. The van der Waals surface area contributed by atoms with Crippen LogP contribution in [-0.2, 0) is 28.8 Å². The zero-order valence-corrected chi connectivity index (χ0v) is 36.0. The number of anilines is 3. The highest BCUT2D eigenvalue weighted by atomic mass is 35.5. The minimum absolute atomic E-state index is 0. The van der Waals surface area contributed by atoms with Crippen molar-refractivity contribution < 1.29 is 28.8 Å². The summed E-state index contributed by atoms with van der Waals surface area (Å²) in [4.78, 5) is 76.0. The molecule has 0 unspecified atom stereocenters. The van der Waals surface area contributed by atoms with Gasteiger partial charge in [0.2, 0.25) is 35.4 Å². The fraction of sp³-hybridized carbons (Fsp3) is 0.442. The van der Waals surface area contributed by atoms with E-state index in [9.17, 15) is 28.8 Å². The summed E-state index contributed by atoms with van der Waals surface area (Å²) >= 11 is 0. The van der Waals surface area contributed by atoms with E-state index in [4.69, 9.17) is 34.4 Å². The monoisotopic (exact) mass is 880 g/mol. The van der Waals surface area contributed by atoms with E-state index in [1.54, 1.807) is 36.4 Å². The lowest BCUT2D eigenvalue weighted by molar-refractivity contribution is -0.125. The van der Waals surface area contributed by atoms with E-state index >= 15 is 0 Å². The van der Waals surface area contributed by atoms with Crippen LogP contribution < -0.4 is 66.3 Å². The van der Waals surface area contributed by atoms with Crippen molar-refractivity contribution in [3.8, 4) is 0 Å². The number of carbonyl (C=O) groups excluding carboxylic acids is 6. The van der Waals surface area contributed by atoms with Gasteiger partial charge in [0.05, 0.1) is 19.6 Å². The summed E-state index contributed by atoms with van der Waals surface area (Å²) in [6, 6.07) is 19.5. The molecule has 0 radical (unpaired) electrons. The van der Waals surface area contributed by atoms with Gasteiger partial charge in [-0.3, -0.25) is 28.8 Å². The zero-order chi connectivity index (χ0) is 44.6. The van der Waals surface area contributed by atoms with Gasteiger partial charge < -0.3 is 66.3 Å². The molecule has 3 aromatic rings. The van der Waals surface area contributed by atoms with Gasteiger partial charge in [-0.15, -0.1) is 12.4 Å². The molecule has 0 fully saturated rings. The number of amides is 6. The van der Waals surface area contributed by atoms with Crippen molar-refractivity contribution in [1.29, 1.82) is 0 Å². The third-order valence-electron chi connectivity index (χ3n) is 9.89. The van der Waals surface area contributed by atoms with Crippen LogP contribution >= 0.6 is 12.4 Å². The number of benzene rings is 3. The molecule has 0 saturated carbocycles. The van der Waals surface area contributed by atoms with Crippen molar-refractivity contribution in [1.82, 2.24) is 16.0 Å². The van der Waals surface area contributed by atoms with E-state index in [0.717, 1.165) is 16.7 Å². The lowest BCUT2D eigenvalue weighted by Gasteiger charge is -2.22. The number of nitrogens with two attached hydrogens (primary N) is 6. The van der Waals surface area contributed by atoms with Gasteiger partial charge in [-0.1, -0.05) is 36.4 Å². The first-order valence-electron chi connectivity index (χ1n) is 20.8. The van der Waals surface area contributed by atoms with Gasteiger partial charge in [-0.05, 0) is 131 Å². The van der Waals surface area contributed by atoms with Crippen molar-refractivity contribution in [3.05, 3.63) is 89.5 Å². The molecule has 0 bridgehead atoms. The molecule has 0 aliphatic heterocycles. The Bertz CT molecular complexity index is 1640. The van der Waals surface area contributed by atoms with Crippen LogP contribution in [0.15, 0.2) is 72.8 Å². The summed E-state index contributed by atoms with van der Waals surface area (Å²) in [7, 11) is 0. The molecule has 0 saturated heterocycles. The molecule has 0 aliphatic rings. The van der Waals surface area contributed by atoms with E-state index < -0.39 is 35.8 Å². The van der Waals surface area contributed by atoms with Crippen LogP contribution in [0.5, 0.6) is 0 Å². The van der Waals surface area contributed by atoms with E-state index in [1.807, 2.05) is 36.4 Å². The minimum Gasteiger partial charge on any atom is -0.343 e. The first-order valence-corrected chi connectivity index (χ1v) is 20.8. The fourth-order valence-electron chi connectivity index (χ4n) is 6.59. The summed E-state index contributed by atoms with van der Waals surface area (Å²) in [5.41, 5.74) is 37.5. The highest BCUT2D eigenvalue weighted by molar-refractivity contribution is 5.99. The Balaban J connectivity index is 0.0000132. The molecule has 3 rings (SSSR count). The molecule has 19 heteroatoms. The predicted molar refractivity (Wildman–Crippen MR) is 245 cm³/mol. The normalized spacial score (nSPS) is 12.2. The van der Waals surface area contributed by atoms with Crippen LogP contribution in [0.25, 0.3) is 0 Å². The van der Waals surface area contributed by atoms with Crippen molar-refractivity contribution in [2.24, 2.45) is 34.4 Å². The largest absolute Gasteiger partial charge is 0.343 e. The van der Waals surface area contributed by atoms with E-state index in [-0.39, 0.29) is 55.7 Å². The molecule has 0 aliphatic carbocycles. The number of hydrogen-bond acceptors (Lipinski definition) is 12. The van der Waals surface area contributed by atoms with Crippen molar-refractivity contribution >= 4 is 64.9 Å². The Labute approximate surface area is 369 Å². The average Bonchev–Trinajstić information content (AvgIpc) is 3.26. The summed E-state index contributed by atoms with van der Waals surface area (Å²) in [5, 5.41) is 16.7. The Hall–Kier alpha value is -5.47. The highest BCUT2D eigenvalue weighted by Crippen LogP contribution is 2.34. The second-order valence-corrected chi connectivity index (χ2v) is 14.6. The molecular formula is C43H65ClN12O6. The third-order valence-corrected chi connectivity index (χ3v) is 9.89. The Morgan fingerprint density at radius 2 is 0.629 bits per heavy atom. The third kappa shape index (κ3) is 17.9. The van der Waals surface area contributed by atoms with Crippen LogP contribution in [0.3, 0.4) is 0 Å². The summed E-state index contributed by atoms with van der Waals surface area (Å²) in [5.74, 6) is -2.82. The van der Waals surface area contributed by atoms with Crippen LogP contribution in [0.2, 0.25) is 0 Å². The molecule has 0 spiro atoms. The zero-order valence-electron chi connectivity index (χ0n) is 35.2. The molecule has 62 heavy (non-hydrogen) atoms. The van der Waals surface area contributed by atoms with Gasteiger partial charge in [0.1, 0.15) is 18.1 Å². The molecule has 0 aromatic heterocycles. The highest BCUT2D eigenvalue weighted by Gasteiger charge is 2.24. The predicted octanol–water partition coefficient (Wildman–Crippen LogP) is 0.822. The molecule has 3 atom stereocenters. The second kappa shape index (κ2) is 28.9. The van der Waals surface area contributed by atoms with Gasteiger partial charge in [-0.25, -0.2) is 0 Å². The molecule has 18 N–H and O–H groups in total. The van der Waals surface area contributed by atoms with Crippen LogP contribution in [-0.4, -0.2) is 92.8 Å². The lowest BCUT2D eigenvalue weighted by Crippen LogP contribution is -2.46. The average molecular weight is 882 g/mol. The maximum absolute atomic E-state index is 13.3.